The Morgan fingerprint density at radius 2 is 0.745 bits per heavy atom. The summed E-state index contributed by atoms with van der Waals surface area (Å²) < 4.78 is 31.5. The second-order valence-electron chi connectivity index (χ2n) is 40.8. The van der Waals surface area contributed by atoms with Crippen molar-refractivity contribution in [1.82, 2.24) is 82.1 Å². The number of amides is 8. The topological polar surface area (TPSA) is 349 Å². The van der Waals surface area contributed by atoms with Crippen LogP contribution in [0.3, 0.4) is 0 Å². The molecular weight excluding hydrogens is 1980 g/mol. The minimum atomic E-state index is -0.563. The zero-order valence-corrected chi connectivity index (χ0v) is 90.6. The number of thiazole rings is 4. The number of carbonyl (C=O) groups excluding carboxylic acids is 8. The Kier molecular flexibility index (Phi) is 38.0. The molecule has 0 unspecified atom stereocenters. The fourth-order valence-electron chi connectivity index (χ4n) is 22.7. The van der Waals surface area contributed by atoms with Crippen LogP contribution in [0.4, 0.5) is 4.39 Å². The number of fused-ring (bicyclic) bond motifs is 4. The zero-order valence-electron chi connectivity index (χ0n) is 86.6. The summed E-state index contributed by atoms with van der Waals surface area (Å²) in [6, 6.07) is 38.9. The molecule has 8 amide bonds. The lowest BCUT2D eigenvalue weighted by Crippen LogP contribution is -2.56. The number of aliphatic hydroxyl groups excluding tert-OH is 1. The van der Waals surface area contributed by atoms with Crippen LogP contribution in [0.2, 0.25) is 5.02 Å². The van der Waals surface area contributed by atoms with Gasteiger partial charge in [0.1, 0.15) is 74.2 Å². The van der Waals surface area contributed by atoms with Gasteiger partial charge in [-0.2, -0.15) is 0 Å². The minimum absolute atomic E-state index is 0.00929. The van der Waals surface area contributed by atoms with E-state index in [0.29, 0.717) is 50.5 Å². The van der Waals surface area contributed by atoms with E-state index >= 15 is 0 Å². The van der Waals surface area contributed by atoms with E-state index in [2.05, 4.69) is 77.6 Å². The number of para-hydroxylation sites is 1. The van der Waals surface area contributed by atoms with E-state index in [4.69, 9.17) is 45.4 Å². The fraction of sp³-hybridized carbons (Fsp3) is 0.496. The third-order valence-electron chi connectivity index (χ3n) is 31.6. The molecule has 792 valence electrons. The van der Waals surface area contributed by atoms with Crippen LogP contribution in [0.15, 0.2) is 166 Å². The number of benzene rings is 7. The van der Waals surface area contributed by atoms with E-state index in [-0.39, 0.29) is 138 Å². The zero-order chi connectivity index (χ0) is 104. The second kappa shape index (κ2) is 51.8. The molecule has 3 aliphatic carbocycles. The number of rotatable bonds is 31. The number of halogens is 2. The minimum Gasteiger partial charge on any atom is -0.490 e. The van der Waals surface area contributed by atoms with Crippen molar-refractivity contribution in [3.05, 3.63) is 192 Å². The SMILES string of the molecule is CN[C@@H](C)C(=O)N[C@H](C(=O)N1CCC[C@H]1c1nc(-c2c(OCCO)ccc3ccccc23)cs1)C1CCCCC1.CN[C@@H](C)C(=O)N[C@H](C(=O)N1CCC[C@H]1c1nc(-c2ccc(F)c3ccccc23)cs1)C1CCCCC1.CN[C@@H](C)C(=O)N[C@H](C(=O)N1CCC[C@H]1c1nc(-c2cccc3c(Cl)cccc23)cs1)C1CCOCC1.CN[C@@H](C)C(=O)N[C@H](C(=O)N1CCC[C@H]1c1nc(-c2coc3ccccc23)cs1)C1CCCCC1. The molecule has 9 N–H and O–H groups in total. The molecule has 8 fully saturated rings. The summed E-state index contributed by atoms with van der Waals surface area (Å²) in [4.78, 5) is 135. The number of nitrogens with one attached hydrogen (secondary N) is 8. The molecule has 12 atom stereocenters. The first-order valence-corrected chi connectivity index (χ1v) is 57.5. The quantitative estimate of drug-likeness (QED) is 0.0195. The molecule has 7 aromatic carbocycles. The van der Waals surface area contributed by atoms with Gasteiger partial charge < -0.3 is 81.1 Å². The van der Waals surface area contributed by atoms with Gasteiger partial charge in [0.25, 0.3) is 0 Å². The molecular formula is C115H142ClFN16O12S4. The number of hydrogen-bond acceptors (Lipinski definition) is 24. The maximum absolute atomic E-state index is 14.4. The molecule has 0 radical (unpaired) electrons. The lowest BCUT2D eigenvalue weighted by molar-refractivity contribution is -0.140. The molecule has 5 aromatic heterocycles. The number of aromatic nitrogens is 4. The van der Waals surface area contributed by atoms with Crippen LogP contribution in [0.1, 0.15) is 232 Å². The van der Waals surface area contributed by atoms with Crippen LogP contribution in [0.5, 0.6) is 5.75 Å². The molecule has 5 saturated heterocycles. The molecule has 149 heavy (non-hydrogen) atoms. The van der Waals surface area contributed by atoms with Crippen molar-refractivity contribution in [2.24, 2.45) is 23.7 Å². The maximum atomic E-state index is 14.4. The van der Waals surface area contributed by atoms with Gasteiger partial charge in [0, 0.05) is 98.8 Å². The van der Waals surface area contributed by atoms with Gasteiger partial charge in [-0.3, -0.25) is 38.4 Å². The van der Waals surface area contributed by atoms with Crippen molar-refractivity contribution in [1.29, 1.82) is 0 Å². The first kappa shape index (κ1) is 109. The van der Waals surface area contributed by atoms with Gasteiger partial charge in [-0.15, -0.1) is 45.3 Å². The summed E-state index contributed by atoms with van der Waals surface area (Å²) >= 11 is 12.7. The van der Waals surface area contributed by atoms with Crippen molar-refractivity contribution < 1.29 is 61.7 Å². The molecule has 0 bridgehead atoms. The number of carbonyl (C=O) groups is 8. The number of hydrogen-bond donors (Lipinski definition) is 9. The number of likely N-dealkylation sites (N-methyl/N-ethyl adjacent to an activating group) is 4. The van der Waals surface area contributed by atoms with Crippen LogP contribution in [0, 0.1) is 29.5 Å². The van der Waals surface area contributed by atoms with Crippen LogP contribution in [0.25, 0.3) is 88.3 Å². The predicted molar refractivity (Wildman–Crippen MR) is 590 cm³/mol. The van der Waals surface area contributed by atoms with Crippen LogP contribution >= 0.6 is 56.9 Å². The van der Waals surface area contributed by atoms with Gasteiger partial charge in [-0.1, -0.05) is 173 Å². The molecule has 5 aliphatic heterocycles. The van der Waals surface area contributed by atoms with E-state index in [0.717, 1.165) is 249 Å². The summed E-state index contributed by atoms with van der Waals surface area (Å²) in [5.74, 6) is 0.510. The highest BCUT2D eigenvalue weighted by molar-refractivity contribution is 7.11. The van der Waals surface area contributed by atoms with Crippen LogP contribution < -0.4 is 47.3 Å². The standard InChI is InChI=1S/C31H40N4O4S.C29H35FN4O2S.C28H33ClN4O3S.C27H34N4O3S/c1-20(32-2)29(37)34-28(22-10-4-3-5-11-22)31(38)35-16-8-13-25(35)30-33-24(19-40-30)27-23-12-7-6-9-21(23)14-15-26(27)39-18-17-36;1-18(31-2)27(35)33-26(19-9-4-3-5-10-19)29(36)34-16-8-13-25(34)28-32-24(17-37-28)22-14-15-23(30)21-12-7-6-11-20(21)22;1-17(30-2)26(34)32-25(18-11-14-36-15-12-18)28(35)33-13-5-10-24(33)27-31-23(16-37-27)21-8-3-7-20-19(21)6-4-9-22(20)29;1-17(28-2)25(32)30-24(18-9-4-3-5-10-18)27(33)31-14-8-12-22(31)26-29-21(16-35-26)20-15-34-23-13-7-6-11-19(20)23/h6-7,9,12,14-15,19-20,22,25,28,32,36H,3-5,8,10-11,13,16-18H2,1-2H3,(H,34,37);6-7,11-12,14-15,17-19,25-26,31H,3-5,8-10,13,16H2,1-2H3,(H,33,35);3-4,6-9,16-18,24-25,30H,5,10-15H2,1-2H3,(H,32,34);6-7,11,13,15-18,22,24,28H,3-5,8-10,12,14H2,1-2H3,(H,30,32)/t20-,25-,28-;18-,25-,26-;17-,24-,25-;17-,22-,24-/m0000/s1. The highest BCUT2D eigenvalue weighted by Crippen LogP contribution is 2.47. The smallest absolute Gasteiger partial charge is 0.246 e. The predicted octanol–water partition coefficient (Wildman–Crippen LogP) is 19.8. The lowest BCUT2D eigenvalue weighted by atomic mass is 9.83. The molecule has 3 saturated carbocycles. The van der Waals surface area contributed by atoms with Crippen molar-refractivity contribution in [3.63, 3.8) is 0 Å². The lowest BCUT2D eigenvalue weighted by Gasteiger charge is -2.35. The number of aliphatic hydroxyl groups is 1. The largest absolute Gasteiger partial charge is 0.490 e. The number of likely N-dealkylation sites (tertiary alicyclic amines) is 4. The van der Waals surface area contributed by atoms with Gasteiger partial charge in [0.05, 0.1) is 83.3 Å². The molecule has 20 rings (SSSR count). The summed E-state index contributed by atoms with van der Waals surface area (Å²) in [5, 5.41) is 52.9. The number of ether oxygens (including phenoxy) is 2. The van der Waals surface area contributed by atoms with E-state index in [1.165, 1.54) is 25.3 Å². The average molecular weight is 2120 g/mol. The third kappa shape index (κ3) is 25.5. The highest BCUT2D eigenvalue weighted by Gasteiger charge is 2.47. The molecule has 34 heteroatoms. The Morgan fingerprint density at radius 1 is 0.389 bits per heavy atom. The Labute approximate surface area is 893 Å². The third-order valence-corrected chi connectivity index (χ3v) is 35.7. The van der Waals surface area contributed by atoms with Crippen LogP contribution in [-0.4, -0.2) is 221 Å². The number of nitrogens with zero attached hydrogens (tertiary/aromatic N) is 8. The van der Waals surface area contributed by atoms with Crippen molar-refractivity contribution in [2.45, 2.75) is 261 Å². The first-order chi connectivity index (χ1) is 72.5. The summed E-state index contributed by atoms with van der Waals surface area (Å²) in [6.07, 6.45) is 26.4. The molecule has 12 aromatic rings. The van der Waals surface area contributed by atoms with E-state index < -0.39 is 24.2 Å². The Hall–Kier alpha value is -11.1. The normalized spacial score (nSPS) is 20.1. The van der Waals surface area contributed by atoms with E-state index in [9.17, 15) is 47.9 Å². The Morgan fingerprint density at radius 3 is 1.18 bits per heavy atom. The van der Waals surface area contributed by atoms with E-state index in [1.54, 1.807) is 98.9 Å². The average Bonchev–Trinajstić information content (AvgIpc) is 1.68. The van der Waals surface area contributed by atoms with Gasteiger partial charge >= 0.3 is 0 Å². The Bertz CT molecular complexity index is 6460. The summed E-state index contributed by atoms with van der Waals surface area (Å²) in [7, 11) is 7.02. The maximum Gasteiger partial charge on any atom is 0.246 e. The fourth-order valence-corrected chi connectivity index (χ4v) is 26.8. The van der Waals surface area contributed by atoms with Gasteiger partial charge in [0.15, 0.2) is 0 Å². The van der Waals surface area contributed by atoms with E-state index in [1.807, 2.05) is 142 Å². The molecule has 8 aliphatic rings. The second-order valence-corrected chi connectivity index (χ2v) is 44.8. The number of furan rings is 1. The summed E-state index contributed by atoms with van der Waals surface area (Å²) in [5.41, 5.74) is 8.04. The first-order valence-electron chi connectivity index (χ1n) is 53.6. The van der Waals surface area contributed by atoms with Crippen molar-refractivity contribution in [2.75, 3.05) is 80.8 Å². The molecule has 28 nitrogen and oxygen atoms in total. The monoisotopic (exact) mass is 2120 g/mol. The van der Waals surface area contributed by atoms with Gasteiger partial charge in [0.2, 0.25) is 47.3 Å². The molecule has 0 spiro atoms. The highest BCUT2D eigenvalue weighted by atomic mass is 35.5. The van der Waals surface area contributed by atoms with Crippen molar-refractivity contribution >= 4 is 147 Å². The van der Waals surface area contributed by atoms with Crippen LogP contribution in [-0.2, 0) is 43.1 Å². The van der Waals surface area contributed by atoms with Gasteiger partial charge in [-0.25, -0.2) is 24.3 Å². The Balaban J connectivity index is 0.000000135. The summed E-state index contributed by atoms with van der Waals surface area (Å²) in [6.45, 7) is 11.3. The molecule has 10 heterocycles. The van der Waals surface area contributed by atoms with Crippen molar-refractivity contribution in [3.8, 4) is 50.8 Å². The van der Waals surface area contributed by atoms with Gasteiger partial charge in [-0.05, 0) is 234 Å².